The molecule has 0 radical (unpaired) electrons. The van der Waals surface area contributed by atoms with E-state index in [0.717, 1.165) is 33.0 Å². The molecule has 0 aromatic carbocycles. The van der Waals surface area contributed by atoms with E-state index in [1.165, 1.54) is 12.2 Å². The Balaban J connectivity index is 1.88. The van der Waals surface area contributed by atoms with Crippen molar-refractivity contribution in [3.05, 3.63) is 56.8 Å². The van der Waals surface area contributed by atoms with E-state index in [-0.39, 0.29) is 38.1 Å². The first-order valence-corrected chi connectivity index (χ1v) is 9.92. The monoisotopic (exact) mass is 405 g/mol. The maximum absolute atomic E-state index is 12.8. The molecule has 4 atom stereocenters. The van der Waals surface area contributed by atoms with Crippen molar-refractivity contribution in [2.75, 3.05) is 6.61 Å². The summed E-state index contributed by atoms with van der Waals surface area (Å²) in [6.45, 7) is 8.83. The van der Waals surface area contributed by atoms with Gasteiger partial charge in [0.15, 0.2) is 0 Å². The minimum atomic E-state index is -1.11. The van der Waals surface area contributed by atoms with Crippen LogP contribution in [0.25, 0.3) is 0 Å². The minimum Gasteiger partial charge on any atom is -0.464 e. The van der Waals surface area contributed by atoms with Gasteiger partial charge in [-0.1, -0.05) is 19.1 Å². The number of rotatable bonds is 9. The Kier molecular flexibility index (Phi) is 6.36. The highest BCUT2D eigenvalue weighted by atomic mass is 16.6. The van der Waals surface area contributed by atoms with Gasteiger partial charge < -0.3 is 9.47 Å². The van der Waals surface area contributed by atoms with E-state index in [9.17, 15) is 19.2 Å². The molecule has 3 rings (SSSR count). The molecule has 1 aromatic heterocycles. The standard InChI is InChI=1S/C20H27N3O6/c1-4-9-21-18(25)22(10-5-2)20(27)23(19(21)26)14(6-3)17(24)28-12-13-7-8-15-16(11-13)29-15/h4-5,13-16H,1-2,6-12H2,3H3. The molecule has 0 amide bonds. The number of aromatic nitrogens is 3. The van der Waals surface area contributed by atoms with E-state index in [0.29, 0.717) is 6.10 Å². The van der Waals surface area contributed by atoms with Crippen molar-refractivity contribution >= 4 is 5.97 Å². The second kappa shape index (κ2) is 8.77. The van der Waals surface area contributed by atoms with Gasteiger partial charge >= 0.3 is 23.0 Å². The molecule has 1 aromatic rings. The third-order valence-electron chi connectivity index (χ3n) is 5.50. The summed E-state index contributed by atoms with van der Waals surface area (Å²) in [5.74, 6) is -0.441. The third-order valence-corrected chi connectivity index (χ3v) is 5.50. The van der Waals surface area contributed by atoms with Crippen molar-refractivity contribution < 1.29 is 14.3 Å². The van der Waals surface area contributed by atoms with E-state index in [2.05, 4.69) is 13.2 Å². The van der Waals surface area contributed by atoms with Crippen LogP contribution in [0.4, 0.5) is 0 Å². The van der Waals surface area contributed by atoms with E-state index in [4.69, 9.17) is 9.47 Å². The van der Waals surface area contributed by atoms with Crippen LogP contribution in [0.2, 0.25) is 0 Å². The van der Waals surface area contributed by atoms with Crippen LogP contribution in [0.5, 0.6) is 0 Å². The summed E-state index contributed by atoms with van der Waals surface area (Å²) in [6.07, 6.45) is 6.29. The smallest absolute Gasteiger partial charge is 0.337 e. The molecule has 29 heavy (non-hydrogen) atoms. The van der Waals surface area contributed by atoms with Crippen LogP contribution in [-0.4, -0.2) is 38.5 Å². The second-order valence-corrected chi connectivity index (χ2v) is 7.46. The lowest BCUT2D eigenvalue weighted by atomic mass is 9.90. The summed E-state index contributed by atoms with van der Waals surface area (Å²) in [5, 5.41) is 0. The molecule has 2 aliphatic rings. The quantitative estimate of drug-likeness (QED) is 0.339. The van der Waals surface area contributed by atoms with Crippen LogP contribution in [0, 0.1) is 5.92 Å². The van der Waals surface area contributed by atoms with Crippen molar-refractivity contribution in [2.45, 2.75) is 63.9 Å². The Labute approximate surface area is 167 Å². The molecular weight excluding hydrogens is 378 g/mol. The number of carbonyl (C=O) groups is 1. The van der Waals surface area contributed by atoms with Gasteiger partial charge in [0.05, 0.1) is 31.9 Å². The van der Waals surface area contributed by atoms with Gasteiger partial charge in [-0.05, 0) is 31.6 Å². The van der Waals surface area contributed by atoms with Gasteiger partial charge in [0.2, 0.25) is 0 Å². The molecular formula is C20H27N3O6. The van der Waals surface area contributed by atoms with Crippen molar-refractivity contribution in [3.8, 4) is 0 Å². The molecule has 1 saturated carbocycles. The molecule has 1 aliphatic heterocycles. The number of ether oxygens (including phenoxy) is 2. The zero-order valence-electron chi connectivity index (χ0n) is 16.6. The van der Waals surface area contributed by atoms with E-state index < -0.39 is 29.1 Å². The highest BCUT2D eigenvalue weighted by molar-refractivity contribution is 5.74. The molecule has 158 valence electrons. The number of carbonyl (C=O) groups excluding carboxylic acids is 1. The molecule has 2 fully saturated rings. The second-order valence-electron chi connectivity index (χ2n) is 7.46. The molecule has 0 N–H and O–H groups in total. The first-order valence-electron chi connectivity index (χ1n) is 9.92. The fourth-order valence-electron chi connectivity index (χ4n) is 3.88. The van der Waals surface area contributed by atoms with Crippen LogP contribution in [0.15, 0.2) is 39.7 Å². The Hall–Kier alpha value is -2.68. The Bertz CT molecular complexity index is 924. The van der Waals surface area contributed by atoms with Crippen molar-refractivity contribution in [1.29, 1.82) is 0 Å². The lowest BCUT2D eigenvalue weighted by Crippen LogP contribution is -2.56. The number of hydrogen-bond acceptors (Lipinski definition) is 6. The van der Waals surface area contributed by atoms with Gasteiger partial charge in [-0.3, -0.25) is 0 Å². The molecule has 9 heteroatoms. The Morgan fingerprint density at radius 2 is 1.72 bits per heavy atom. The topological polar surface area (TPSA) is 105 Å². The number of epoxide rings is 1. The van der Waals surface area contributed by atoms with Crippen molar-refractivity contribution in [1.82, 2.24) is 13.7 Å². The number of fused-ring (bicyclic) bond motifs is 1. The average Bonchev–Trinajstić information content (AvgIpc) is 3.48. The number of esters is 1. The van der Waals surface area contributed by atoms with Crippen LogP contribution >= 0.6 is 0 Å². The third kappa shape index (κ3) is 4.19. The maximum atomic E-state index is 12.8. The Morgan fingerprint density at radius 3 is 2.24 bits per heavy atom. The van der Waals surface area contributed by atoms with E-state index in [1.807, 2.05) is 0 Å². The molecule has 4 unspecified atom stereocenters. The lowest BCUT2D eigenvalue weighted by molar-refractivity contribution is -0.149. The summed E-state index contributed by atoms with van der Waals surface area (Å²) < 4.78 is 13.5. The van der Waals surface area contributed by atoms with Crippen LogP contribution in [-0.2, 0) is 27.4 Å². The van der Waals surface area contributed by atoms with Crippen molar-refractivity contribution in [2.24, 2.45) is 5.92 Å². The van der Waals surface area contributed by atoms with Crippen LogP contribution < -0.4 is 17.1 Å². The summed E-state index contributed by atoms with van der Waals surface area (Å²) >= 11 is 0. The highest BCUT2D eigenvalue weighted by Crippen LogP contribution is 2.39. The number of allylic oxidation sites excluding steroid dienone is 2. The summed E-state index contributed by atoms with van der Waals surface area (Å²) in [7, 11) is 0. The highest BCUT2D eigenvalue weighted by Gasteiger charge is 2.44. The van der Waals surface area contributed by atoms with Gasteiger partial charge in [0.1, 0.15) is 6.04 Å². The van der Waals surface area contributed by atoms with Gasteiger partial charge in [0.25, 0.3) is 0 Å². The number of nitrogens with zero attached hydrogens (tertiary/aromatic N) is 3. The predicted octanol–water partition coefficient (Wildman–Crippen LogP) is 0.606. The molecule has 1 saturated heterocycles. The van der Waals surface area contributed by atoms with Crippen molar-refractivity contribution in [3.63, 3.8) is 0 Å². The Morgan fingerprint density at radius 1 is 1.10 bits per heavy atom. The zero-order chi connectivity index (χ0) is 21.1. The summed E-state index contributed by atoms with van der Waals surface area (Å²) in [5.41, 5.74) is -2.47. The maximum Gasteiger partial charge on any atom is 0.337 e. The van der Waals surface area contributed by atoms with Gasteiger partial charge in [-0.2, -0.15) is 0 Å². The molecule has 9 nitrogen and oxygen atoms in total. The summed E-state index contributed by atoms with van der Waals surface area (Å²) in [6, 6.07) is -1.11. The lowest BCUT2D eigenvalue weighted by Gasteiger charge is -2.22. The van der Waals surface area contributed by atoms with E-state index >= 15 is 0 Å². The summed E-state index contributed by atoms with van der Waals surface area (Å²) in [4.78, 5) is 50.9. The molecule has 2 heterocycles. The zero-order valence-corrected chi connectivity index (χ0v) is 16.6. The van der Waals surface area contributed by atoms with Gasteiger partial charge in [-0.15, -0.1) is 13.2 Å². The normalized spacial score (nSPS) is 23.7. The fourth-order valence-corrected chi connectivity index (χ4v) is 3.88. The van der Waals surface area contributed by atoms with Gasteiger partial charge in [-0.25, -0.2) is 32.9 Å². The van der Waals surface area contributed by atoms with Gasteiger partial charge in [0, 0.05) is 0 Å². The van der Waals surface area contributed by atoms with Crippen LogP contribution in [0.3, 0.4) is 0 Å². The average molecular weight is 405 g/mol. The minimum absolute atomic E-state index is 0.0782. The molecule has 0 bridgehead atoms. The molecule has 1 aliphatic carbocycles. The fraction of sp³-hybridized carbons (Fsp3) is 0.600. The van der Waals surface area contributed by atoms with Crippen LogP contribution in [0.1, 0.15) is 38.6 Å². The van der Waals surface area contributed by atoms with E-state index in [1.54, 1.807) is 6.92 Å². The SMILES string of the molecule is C=CCn1c(=O)n(CC=C)c(=O)n(C(CC)C(=O)OCC2CCC3OC3C2)c1=O. The predicted molar refractivity (Wildman–Crippen MR) is 106 cm³/mol. The largest absolute Gasteiger partial charge is 0.464 e. The number of hydrogen-bond donors (Lipinski definition) is 0. The molecule has 0 spiro atoms. The first kappa shape index (κ1) is 21.0. The first-order chi connectivity index (χ1) is 13.9.